The molecule has 0 radical (unpaired) electrons. The molecule has 0 aromatic heterocycles. The Balaban J connectivity index is 2.78. The first kappa shape index (κ1) is 15.1. The lowest BCUT2D eigenvalue weighted by atomic mass is 10.3. The van der Waals surface area contributed by atoms with Crippen molar-refractivity contribution in [2.75, 3.05) is 0 Å². The van der Waals surface area contributed by atoms with E-state index in [4.69, 9.17) is 0 Å². The van der Waals surface area contributed by atoms with Crippen LogP contribution in [0, 0.1) is 0 Å². The van der Waals surface area contributed by atoms with E-state index in [-0.39, 0.29) is 22.4 Å². The summed E-state index contributed by atoms with van der Waals surface area (Å²) in [7, 11) is 0. The molecule has 0 heterocycles. The van der Waals surface area contributed by atoms with Gasteiger partial charge in [-0.3, -0.25) is 4.79 Å². The highest BCUT2D eigenvalue weighted by molar-refractivity contribution is 8.00. The molecule has 0 aliphatic carbocycles. The van der Waals surface area contributed by atoms with Gasteiger partial charge in [-0.25, -0.2) is 0 Å². The molecule has 1 aromatic carbocycles. The molecule has 0 spiro atoms. The fraction of sp³-hybridized carbons (Fsp3) is 0.300. The third-order valence-corrected chi connectivity index (χ3v) is 3.03. The van der Waals surface area contributed by atoms with Gasteiger partial charge >= 0.3 is 16.6 Å². The fourth-order valence-corrected chi connectivity index (χ4v) is 1.75. The van der Waals surface area contributed by atoms with Gasteiger partial charge in [-0.15, -0.1) is 0 Å². The summed E-state index contributed by atoms with van der Waals surface area (Å²) in [5.41, 5.74) is 0. The summed E-state index contributed by atoms with van der Waals surface area (Å²) in [5, 5.41) is -9.08. The Morgan fingerprint density at radius 3 is 2.11 bits per heavy atom. The number of rotatable bonds is 4. The lowest BCUT2D eigenvalue weighted by Gasteiger charge is -2.20. The lowest BCUT2D eigenvalue weighted by molar-refractivity contribution is -0.131. The second-order valence-electron chi connectivity index (χ2n) is 3.18. The van der Waals surface area contributed by atoms with Crippen LogP contribution in [0.3, 0.4) is 0 Å². The van der Waals surface area contributed by atoms with Crippen molar-refractivity contribution in [1.82, 2.24) is 0 Å². The smallest absolute Gasteiger partial charge is 0.394 e. The highest BCUT2D eigenvalue weighted by Gasteiger charge is 2.55. The maximum Gasteiger partial charge on any atom is 0.394 e. The van der Waals surface area contributed by atoms with Crippen LogP contribution < -0.4 is 4.74 Å². The van der Waals surface area contributed by atoms with Crippen molar-refractivity contribution in [2.45, 2.75) is 22.5 Å². The third kappa shape index (κ3) is 4.06. The Labute approximate surface area is 109 Å². The number of carbonyl (C=O) groups is 1. The highest BCUT2D eigenvalue weighted by atomic mass is 35.5. The topological polar surface area (TPSA) is 26.3 Å². The van der Waals surface area contributed by atoms with Gasteiger partial charge in [0.15, 0.2) is 0 Å². The van der Waals surface area contributed by atoms with E-state index in [0.717, 1.165) is 12.1 Å². The molecule has 0 unspecified atom stereocenters. The number of hydrogen-bond donors (Lipinski definition) is 0. The molecule has 0 saturated heterocycles. The highest BCUT2D eigenvalue weighted by Crippen LogP contribution is 2.48. The van der Waals surface area contributed by atoms with Gasteiger partial charge in [-0.1, -0.05) is 0 Å². The van der Waals surface area contributed by atoms with Crippen molar-refractivity contribution >= 4 is 29.3 Å². The summed E-state index contributed by atoms with van der Waals surface area (Å²) in [6, 6.07) is 4.68. The predicted octanol–water partition coefficient (Wildman–Crippen LogP) is 4.13. The van der Waals surface area contributed by atoms with Gasteiger partial charge in [0, 0.05) is 11.8 Å². The summed E-state index contributed by atoms with van der Waals surface area (Å²) in [4.78, 5) is 10.5. The Bertz CT molecular complexity index is 430. The zero-order valence-electron chi connectivity index (χ0n) is 8.92. The zero-order chi connectivity index (χ0) is 14.0. The van der Waals surface area contributed by atoms with Gasteiger partial charge in [-0.2, -0.15) is 17.6 Å². The van der Waals surface area contributed by atoms with E-state index >= 15 is 0 Å². The molecule has 1 rings (SSSR count). The first-order valence-corrected chi connectivity index (χ1v) is 5.73. The molecule has 0 bridgehead atoms. The van der Waals surface area contributed by atoms with Crippen molar-refractivity contribution in [3.8, 4) is 5.75 Å². The number of halogens is 5. The number of hydrogen-bond acceptors (Lipinski definition) is 3. The zero-order valence-corrected chi connectivity index (χ0v) is 10.5. The minimum absolute atomic E-state index is 0.128. The second-order valence-corrected chi connectivity index (χ2v) is 4.84. The summed E-state index contributed by atoms with van der Waals surface area (Å²) in [6.45, 7) is 1.17. The van der Waals surface area contributed by atoms with Crippen LogP contribution in [0.1, 0.15) is 6.92 Å². The molecule has 100 valence electrons. The Morgan fingerprint density at radius 2 is 1.72 bits per heavy atom. The second kappa shape index (κ2) is 5.36. The van der Waals surface area contributed by atoms with E-state index in [1.807, 2.05) is 0 Å². The molecular formula is C10H7ClF4O2S. The number of benzene rings is 1. The standard InChI is InChI=1S/C10H7ClF4O2S/c1-6(16)17-7-2-4-8(5-3-7)18-10(14,15)9(11,12)13/h2-5H,1H3. The first-order valence-electron chi connectivity index (χ1n) is 4.54. The molecule has 0 aliphatic rings. The number of alkyl halides is 5. The molecule has 0 saturated carbocycles. The summed E-state index contributed by atoms with van der Waals surface area (Å²) in [6.07, 6.45) is 0. The maximum atomic E-state index is 12.9. The monoisotopic (exact) mass is 302 g/mol. The molecule has 0 amide bonds. The van der Waals surface area contributed by atoms with E-state index in [1.54, 1.807) is 0 Å². The molecule has 0 aliphatic heterocycles. The van der Waals surface area contributed by atoms with Crippen LogP contribution in [0.2, 0.25) is 0 Å². The quantitative estimate of drug-likeness (QED) is 0.275. The van der Waals surface area contributed by atoms with Crippen LogP contribution in [-0.4, -0.2) is 16.6 Å². The summed E-state index contributed by atoms with van der Waals surface area (Å²) < 4.78 is 55.2. The van der Waals surface area contributed by atoms with E-state index in [2.05, 4.69) is 16.3 Å². The molecule has 8 heteroatoms. The van der Waals surface area contributed by atoms with Crippen molar-refractivity contribution in [3.05, 3.63) is 24.3 Å². The Kier molecular flexibility index (Phi) is 4.50. The van der Waals surface area contributed by atoms with Crippen LogP contribution in [0.25, 0.3) is 0 Å². The summed E-state index contributed by atoms with van der Waals surface area (Å²) >= 11 is 3.93. The number of esters is 1. The van der Waals surface area contributed by atoms with Crippen LogP contribution >= 0.6 is 23.4 Å². The number of ether oxygens (including phenoxy) is 1. The van der Waals surface area contributed by atoms with Crippen molar-refractivity contribution < 1.29 is 27.1 Å². The largest absolute Gasteiger partial charge is 0.427 e. The molecule has 0 N–H and O–H groups in total. The van der Waals surface area contributed by atoms with E-state index < -0.39 is 16.6 Å². The maximum absolute atomic E-state index is 12.9. The molecule has 1 aromatic rings. The Morgan fingerprint density at radius 1 is 1.22 bits per heavy atom. The molecule has 0 atom stereocenters. The van der Waals surface area contributed by atoms with Crippen molar-refractivity contribution in [3.63, 3.8) is 0 Å². The van der Waals surface area contributed by atoms with Gasteiger partial charge in [0.1, 0.15) is 5.75 Å². The van der Waals surface area contributed by atoms with Gasteiger partial charge in [0.2, 0.25) is 0 Å². The minimum Gasteiger partial charge on any atom is -0.427 e. The van der Waals surface area contributed by atoms with Gasteiger partial charge in [0.05, 0.1) is 0 Å². The van der Waals surface area contributed by atoms with Crippen molar-refractivity contribution in [1.29, 1.82) is 0 Å². The normalized spacial score (nSPS) is 12.3. The molecular weight excluding hydrogens is 296 g/mol. The Hall–Kier alpha value is -0.950. The molecule has 2 nitrogen and oxygen atoms in total. The number of carbonyl (C=O) groups excluding carboxylic acids is 1. The average Bonchev–Trinajstić information content (AvgIpc) is 2.18. The molecule has 0 fully saturated rings. The van der Waals surface area contributed by atoms with Gasteiger partial charge in [0.25, 0.3) is 0 Å². The van der Waals surface area contributed by atoms with Crippen LogP contribution in [-0.2, 0) is 4.79 Å². The third-order valence-electron chi connectivity index (χ3n) is 1.66. The van der Waals surface area contributed by atoms with Gasteiger partial charge < -0.3 is 4.74 Å². The van der Waals surface area contributed by atoms with Gasteiger partial charge in [-0.05, 0) is 47.6 Å². The SMILES string of the molecule is CC(=O)Oc1ccc(SC(F)(F)C(F)(F)Cl)cc1. The van der Waals surface area contributed by atoms with Crippen molar-refractivity contribution in [2.24, 2.45) is 0 Å². The van der Waals surface area contributed by atoms with Crippen LogP contribution in [0.4, 0.5) is 17.6 Å². The minimum atomic E-state index is -4.65. The first-order chi connectivity index (χ1) is 8.12. The fourth-order valence-electron chi connectivity index (χ4n) is 0.948. The summed E-state index contributed by atoms with van der Waals surface area (Å²) in [5.74, 6) is -0.444. The predicted molar refractivity (Wildman–Crippen MR) is 59.4 cm³/mol. The molecule has 18 heavy (non-hydrogen) atoms. The van der Waals surface area contributed by atoms with Crippen LogP contribution in [0.5, 0.6) is 5.75 Å². The lowest BCUT2D eigenvalue weighted by Crippen LogP contribution is -2.31. The van der Waals surface area contributed by atoms with Crippen LogP contribution in [0.15, 0.2) is 29.2 Å². The van der Waals surface area contributed by atoms with E-state index in [9.17, 15) is 22.4 Å². The van der Waals surface area contributed by atoms with E-state index in [1.165, 1.54) is 19.1 Å². The van der Waals surface area contributed by atoms with E-state index in [0.29, 0.717) is 0 Å². The average molecular weight is 303 g/mol. The number of thioether (sulfide) groups is 1.